The third-order valence-corrected chi connectivity index (χ3v) is 6.36. The first-order chi connectivity index (χ1) is 10.0. The monoisotopic (exact) mass is 308 g/mol. The van der Waals surface area contributed by atoms with Gasteiger partial charge in [0.05, 0.1) is 11.5 Å². The van der Waals surface area contributed by atoms with Crippen LogP contribution >= 0.6 is 0 Å². The number of aryl methyl sites for hydroxylation is 1. The summed E-state index contributed by atoms with van der Waals surface area (Å²) in [5.41, 5.74) is 4.10. The van der Waals surface area contributed by atoms with Crippen LogP contribution in [0.25, 0.3) is 0 Å². The molecular weight excluding hydrogens is 284 g/mol. The molecular formula is C16H24N2O2S. The third kappa shape index (κ3) is 3.58. The van der Waals surface area contributed by atoms with E-state index in [0.717, 1.165) is 32.4 Å². The maximum atomic E-state index is 11.4. The van der Waals surface area contributed by atoms with E-state index in [1.165, 1.54) is 23.2 Å². The van der Waals surface area contributed by atoms with E-state index >= 15 is 0 Å². The molecule has 2 aliphatic rings. The average molecular weight is 308 g/mol. The maximum Gasteiger partial charge on any atom is 0.150 e. The molecule has 1 saturated heterocycles. The summed E-state index contributed by atoms with van der Waals surface area (Å²) in [4.78, 5) is 2.32. The van der Waals surface area contributed by atoms with Crippen molar-refractivity contribution in [1.82, 2.24) is 5.32 Å². The van der Waals surface area contributed by atoms with E-state index in [1.54, 1.807) is 0 Å². The summed E-state index contributed by atoms with van der Waals surface area (Å²) in [5, 5.41) is 3.52. The Morgan fingerprint density at radius 3 is 2.81 bits per heavy atom. The molecule has 5 heteroatoms. The van der Waals surface area contributed by atoms with Crippen molar-refractivity contribution in [3.8, 4) is 0 Å². The molecule has 1 aromatic carbocycles. The lowest BCUT2D eigenvalue weighted by atomic mass is 9.99. The number of hydrogen-bond donors (Lipinski definition) is 1. The van der Waals surface area contributed by atoms with Gasteiger partial charge in [0.25, 0.3) is 0 Å². The number of nitrogens with zero attached hydrogens (tertiary/aromatic N) is 1. The highest BCUT2D eigenvalue weighted by Gasteiger charge is 2.23. The van der Waals surface area contributed by atoms with Crippen molar-refractivity contribution in [3.63, 3.8) is 0 Å². The number of fused-ring (bicyclic) bond motifs is 1. The summed E-state index contributed by atoms with van der Waals surface area (Å²) in [6.45, 7) is 1.98. The van der Waals surface area contributed by atoms with Gasteiger partial charge < -0.3 is 10.2 Å². The van der Waals surface area contributed by atoms with Gasteiger partial charge in [-0.2, -0.15) is 0 Å². The second kappa shape index (κ2) is 5.97. The van der Waals surface area contributed by atoms with E-state index in [4.69, 9.17) is 0 Å². The lowest BCUT2D eigenvalue weighted by molar-refractivity contribution is 0.463. The maximum absolute atomic E-state index is 11.4. The number of anilines is 1. The molecule has 0 spiro atoms. The minimum Gasteiger partial charge on any atom is -0.374 e. The first-order valence-electron chi connectivity index (χ1n) is 7.80. The fraction of sp³-hybridized carbons (Fsp3) is 0.625. The number of sulfone groups is 1. The van der Waals surface area contributed by atoms with Crippen molar-refractivity contribution in [2.24, 2.45) is 0 Å². The molecule has 0 radical (unpaired) electrons. The van der Waals surface area contributed by atoms with Crippen LogP contribution < -0.4 is 10.2 Å². The Balaban J connectivity index is 1.59. The second-order valence-corrected chi connectivity index (χ2v) is 8.60. The molecule has 0 amide bonds. The largest absolute Gasteiger partial charge is 0.374 e. The smallest absolute Gasteiger partial charge is 0.150 e. The number of benzene rings is 1. The summed E-state index contributed by atoms with van der Waals surface area (Å²) in [6.07, 6.45) is 3.88. The molecule has 0 bridgehead atoms. The van der Waals surface area contributed by atoms with Crippen LogP contribution in [0.5, 0.6) is 0 Å². The van der Waals surface area contributed by atoms with E-state index in [0.29, 0.717) is 17.5 Å². The van der Waals surface area contributed by atoms with Gasteiger partial charge in [-0.25, -0.2) is 8.42 Å². The molecule has 3 rings (SSSR count). The Morgan fingerprint density at radius 2 is 2.05 bits per heavy atom. The van der Waals surface area contributed by atoms with Crippen LogP contribution in [0.1, 0.15) is 30.4 Å². The van der Waals surface area contributed by atoms with Crippen molar-refractivity contribution >= 4 is 15.5 Å². The van der Waals surface area contributed by atoms with Gasteiger partial charge in [-0.1, -0.05) is 12.1 Å². The van der Waals surface area contributed by atoms with E-state index in [1.807, 2.05) is 0 Å². The highest BCUT2D eigenvalue weighted by Crippen LogP contribution is 2.26. The van der Waals surface area contributed by atoms with Gasteiger partial charge in [0.1, 0.15) is 9.84 Å². The molecule has 2 heterocycles. The van der Waals surface area contributed by atoms with Gasteiger partial charge in [-0.3, -0.25) is 0 Å². The lowest BCUT2D eigenvalue weighted by Crippen LogP contribution is -2.37. The number of nitrogens with one attached hydrogen (secondary N) is 1. The molecule has 4 nitrogen and oxygen atoms in total. The van der Waals surface area contributed by atoms with Crippen LogP contribution in [-0.4, -0.2) is 39.6 Å². The van der Waals surface area contributed by atoms with Gasteiger partial charge in [-0.15, -0.1) is 0 Å². The van der Waals surface area contributed by atoms with Crippen LogP contribution in [0.15, 0.2) is 18.2 Å². The van der Waals surface area contributed by atoms with Gasteiger partial charge >= 0.3 is 0 Å². The minimum absolute atomic E-state index is 0.333. The fourth-order valence-corrected chi connectivity index (χ4v) is 4.80. The van der Waals surface area contributed by atoms with E-state index in [2.05, 4.69) is 35.5 Å². The SMILES string of the molecule is CN1CCCc2cc(CNC3CCS(=O)(=O)CC3)ccc21. The predicted molar refractivity (Wildman–Crippen MR) is 86.5 cm³/mol. The molecule has 0 aliphatic carbocycles. The quantitative estimate of drug-likeness (QED) is 0.924. The zero-order valence-electron chi connectivity index (χ0n) is 12.6. The van der Waals surface area contributed by atoms with Gasteiger partial charge in [0.15, 0.2) is 0 Å². The Kier molecular flexibility index (Phi) is 4.22. The standard InChI is InChI=1S/C16H24N2O2S/c1-18-8-2-3-14-11-13(4-5-16(14)18)12-17-15-6-9-21(19,20)10-7-15/h4-5,11,15,17H,2-3,6-10,12H2,1H3. The Bertz CT molecular complexity index is 599. The van der Waals surface area contributed by atoms with Crippen LogP contribution in [0.4, 0.5) is 5.69 Å². The molecule has 21 heavy (non-hydrogen) atoms. The summed E-state index contributed by atoms with van der Waals surface area (Å²) in [6, 6.07) is 7.05. The van der Waals surface area contributed by atoms with Crippen molar-refractivity contribution in [3.05, 3.63) is 29.3 Å². The van der Waals surface area contributed by atoms with Crippen molar-refractivity contribution < 1.29 is 8.42 Å². The lowest BCUT2D eigenvalue weighted by Gasteiger charge is -2.28. The predicted octanol–water partition coefficient (Wildman–Crippen LogP) is 1.74. The Morgan fingerprint density at radius 1 is 1.29 bits per heavy atom. The highest BCUT2D eigenvalue weighted by molar-refractivity contribution is 7.91. The van der Waals surface area contributed by atoms with E-state index in [9.17, 15) is 8.42 Å². The van der Waals surface area contributed by atoms with Crippen LogP contribution in [-0.2, 0) is 22.8 Å². The second-order valence-electron chi connectivity index (χ2n) is 6.30. The third-order valence-electron chi connectivity index (χ3n) is 4.64. The highest BCUT2D eigenvalue weighted by atomic mass is 32.2. The van der Waals surface area contributed by atoms with Crippen molar-refractivity contribution in [1.29, 1.82) is 0 Å². The Labute approximate surface area is 127 Å². The Hall–Kier alpha value is -1.07. The molecule has 0 atom stereocenters. The van der Waals surface area contributed by atoms with Gasteiger partial charge in [0.2, 0.25) is 0 Å². The van der Waals surface area contributed by atoms with Crippen LogP contribution in [0, 0.1) is 0 Å². The molecule has 1 fully saturated rings. The van der Waals surface area contributed by atoms with Crippen molar-refractivity contribution in [2.75, 3.05) is 30.0 Å². The molecule has 116 valence electrons. The molecule has 1 aromatic rings. The normalized spacial score (nSPS) is 22.0. The van der Waals surface area contributed by atoms with Crippen LogP contribution in [0.2, 0.25) is 0 Å². The fourth-order valence-electron chi connectivity index (χ4n) is 3.30. The summed E-state index contributed by atoms with van der Waals surface area (Å²) < 4.78 is 22.9. The number of rotatable bonds is 3. The van der Waals surface area contributed by atoms with Gasteiger partial charge in [0, 0.05) is 31.9 Å². The molecule has 0 unspecified atom stereocenters. The van der Waals surface area contributed by atoms with Crippen molar-refractivity contribution in [2.45, 2.75) is 38.3 Å². The van der Waals surface area contributed by atoms with Gasteiger partial charge in [-0.05, 0) is 42.9 Å². The minimum atomic E-state index is -2.76. The summed E-state index contributed by atoms with van der Waals surface area (Å²) >= 11 is 0. The first kappa shape index (κ1) is 14.9. The summed E-state index contributed by atoms with van der Waals surface area (Å²) in [7, 11) is -0.611. The zero-order valence-corrected chi connectivity index (χ0v) is 13.5. The summed E-state index contributed by atoms with van der Waals surface area (Å²) in [5.74, 6) is 0.666. The molecule has 1 N–H and O–H groups in total. The van der Waals surface area contributed by atoms with E-state index < -0.39 is 9.84 Å². The molecule has 0 aromatic heterocycles. The number of hydrogen-bond acceptors (Lipinski definition) is 4. The van der Waals surface area contributed by atoms with E-state index in [-0.39, 0.29) is 0 Å². The zero-order chi connectivity index (χ0) is 14.9. The molecule has 0 saturated carbocycles. The molecule has 2 aliphatic heterocycles. The topological polar surface area (TPSA) is 49.4 Å². The van der Waals surface area contributed by atoms with Crippen LogP contribution in [0.3, 0.4) is 0 Å². The first-order valence-corrected chi connectivity index (χ1v) is 9.62. The average Bonchev–Trinajstić information content (AvgIpc) is 2.46.